The third-order valence-electron chi connectivity index (χ3n) is 6.15. The number of benzene rings is 3. The van der Waals surface area contributed by atoms with Crippen LogP contribution in [0.5, 0.6) is 0 Å². The number of hydrogen-bond acceptors (Lipinski definition) is 4. The summed E-state index contributed by atoms with van der Waals surface area (Å²) in [4.78, 5) is 4.91. The monoisotopic (exact) mass is 477 g/mol. The van der Waals surface area contributed by atoms with Crippen LogP contribution in [0.25, 0.3) is 11.3 Å². The van der Waals surface area contributed by atoms with E-state index in [0.29, 0.717) is 10.0 Å². The molecule has 4 aromatic rings. The molecule has 33 heavy (non-hydrogen) atoms. The van der Waals surface area contributed by atoms with Gasteiger partial charge in [0, 0.05) is 47.9 Å². The van der Waals surface area contributed by atoms with Gasteiger partial charge in [0.15, 0.2) is 5.76 Å². The maximum absolute atomic E-state index is 6.64. The molecule has 1 atom stereocenters. The molecule has 0 spiro atoms. The van der Waals surface area contributed by atoms with Gasteiger partial charge in [0.2, 0.25) is 0 Å². The molecule has 0 amide bonds. The summed E-state index contributed by atoms with van der Waals surface area (Å²) >= 11 is 12.8. The predicted octanol–water partition coefficient (Wildman–Crippen LogP) is 6.56. The molecule has 0 saturated carbocycles. The number of rotatable bonds is 6. The highest BCUT2D eigenvalue weighted by Gasteiger charge is 2.28. The second-order valence-electron chi connectivity index (χ2n) is 8.34. The highest BCUT2D eigenvalue weighted by Crippen LogP contribution is 2.35. The van der Waals surface area contributed by atoms with E-state index in [-0.39, 0.29) is 6.04 Å². The van der Waals surface area contributed by atoms with Crippen LogP contribution in [0.2, 0.25) is 10.0 Å². The van der Waals surface area contributed by atoms with Crippen molar-refractivity contribution in [2.45, 2.75) is 12.6 Å². The lowest BCUT2D eigenvalue weighted by molar-refractivity contribution is 0.0980. The van der Waals surface area contributed by atoms with E-state index in [2.05, 4.69) is 39.2 Å². The molecular weight excluding hydrogens is 453 g/mol. The van der Waals surface area contributed by atoms with Gasteiger partial charge in [-0.1, -0.05) is 95.1 Å². The fourth-order valence-corrected chi connectivity index (χ4v) is 4.99. The Balaban J connectivity index is 1.29. The Hall–Kier alpha value is -2.63. The van der Waals surface area contributed by atoms with Crippen molar-refractivity contribution < 1.29 is 4.52 Å². The van der Waals surface area contributed by atoms with Gasteiger partial charge in [0.05, 0.1) is 12.6 Å². The highest BCUT2D eigenvalue weighted by molar-refractivity contribution is 6.35. The van der Waals surface area contributed by atoms with Gasteiger partial charge >= 0.3 is 0 Å². The molecule has 168 valence electrons. The third-order valence-corrected chi connectivity index (χ3v) is 6.71. The largest absolute Gasteiger partial charge is 0.359 e. The molecule has 6 heteroatoms. The Labute approximate surface area is 204 Å². The molecule has 5 rings (SSSR count). The normalized spacial score (nSPS) is 16.1. The van der Waals surface area contributed by atoms with Gasteiger partial charge in [-0.25, -0.2) is 0 Å². The molecular formula is C27H25Cl2N3O. The van der Waals surface area contributed by atoms with Crippen LogP contribution in [0.4, 0.5) is 0 Å². The predicted molar refractivity (Wildman–Crippen MR) is 134 cm³/mol. The summed E-state index contributed by atoms with van der Waals surface area (Å²) in [7, 11) is 0. The smallest absolute Gasteiger partial charge is 0.151 e. The van der Waals surface area contributed by atoms with Crippen molar-refractivity contribution in [2.24, 2.45) is 0 Å². The average molecular weight is 478 g/mol. The van der Waals surface area contributed by atoms with Crippen LogP contribution >= 0.6 is 23.2 Å². The molecule has 1 aliphatic heterocycles. The van der Waals surface area contributed by atoms with Gasteiger partial charge in [0.1, 0.15) is 5.69 Å². The first-order chi connectivity index (χ1) is 16.2. The summed E-state index contributed by atoms with van der Waals surface area (Å²) in [6.45, 7) is 4.49. The molecule has 1 unspecified atom stereocenters. The fraction of sp³-hybridized carbons (Fsp3) is 0.222. The second kappa shape index (κ2) is 10.1. The van der Waals surface area contributed by atoms with Crippen molar-refractivity contribution in [3.63, 3.8) is 0 Å². The van der Waals surface area contributed by atoms with Gasteiger partial charge in [-0.05, 0) is 23.3 Å². The SMILES string of the molecule is Clc1ccc(C(c2ccccc2)N2CCN(Cc3cc(-c4ccccc4)no3)CC2)c(Cl)c1. The summed E-state index contributed by atoms with van der Waals surface area (Å²) in [6.07, 6.45) is 0. The van der Waals surface area contributed by atoms with E-state index in [1.54, 1.807) is 0 Å². The summed E-state index contributed by atoms with van der Waals surface area (Å²) < 4.78 is 5.63. The van der Waals surface area contributed by atoms with Crippen LogP contribution in [-0.2, 0) is 6.54 Å². The van der Waals surface area contributed by atoms with E-state index in [0.717, 1.165) is 55.3 Å². The molecule has 2 heterocycles. The number of aromatic nitrogens is 1. The maximum atomic E-state index is 6.64. The first kappa shape index (κ1) is 22.2. The van der Waals surface area contributed by atoms with Crippen molar-refractivity contribution in [1.29, 1.82) is 0 Å². The van der Waals surface area contributed by atoms with Crippen molar-refractivity contribution in [3.05, 3.63) is 112 Å². The van der Waals surface area contributed by atoms with Crippen molar-refractivity contribution in [3.8, 4) is 11.3 Å². The molecule has 1 fully saturated rings. The van der Waals surface area contributed by atoms with Gasteiger partial charge in [-0.3, -0.25) is 9.80 Å². The molecule has 0 radical (unpaired) electrons. The molecule has 0 N–H and O–H groups in total. The Morgan fingerprint density at radius 3 is 2.21 bits per heavy atom. The van der Waals surface area contributed by atoms with Gasteiger partial charge in [-0.2, -0.15) is 0 Å². The summed E-state index contributed by atoms with van der Waals surface area (Å²) in [5.74, 6) is 0.891. The summed E-state index contributed by atoms with van der Waals surface area (Å²) in [6, 6.07) is 28.6. The Morgan fingerprint density at radius 2 is 1.52 bits per heavy atom. The lowest BCUT2D eigenvalue weighted by atomic mass is 9.96. The highest BCUT2D eigenvalue weighted by atomic mass is 35.5. The minimum Gasteiger partial charge on any atom is -0.359 e. The standard InChI is InChI=1S/C27H25Cl2N3O/c28-22-11-12-24(25(29)17-22)27(21-9-5-2-6-10-21)32-15-13-31(14-16-32)19-23-18-26(30-33-23)20-7-3-1-4-8-20/h1-12,17-18,27H,13-16,19H2. The molecule has 1 saturated heterocycles. The minimum absolute atomic E-state index is 0.0908. The van der Waals surface area contributed by atoms with Crippen molar-refractivity contribution in [2.75, 3.05) is 26.2 Å². The van der Waals surface area contributed by atoms with Crippen LogP contribution in [-0.4, -0.2) is 41.1 Å². The van der Waals surface area contributed by atoms with Crippen molar-refractivity contribution >= 4 is 23.2 Å². The fourth-order valence-electron chi connectivity index (χ4n) is 4.48. The first-order valence-corrected chi connectivity index (χ1v) is 11.9. The van der Waals surface area contributed by atoms with Crippen LogP contribution in [0.15, 0.2) is 89.5 Å². The first-order valence-electron chi connectivity index (χ1n) is 11.1. The van der Waals surface area contributed by atoms with Crippen LogP contribution in [0.1, 0.15) is 22.9 Å². The van der Waals surface area contributed by atoms with Gasteiger partial charge < -0.3 is 4.52 Å². The number of nitrogens with zero attached hydrogens (tertiary/aromatic N) is 3. The van der Waals surface area contributed by atoms with Gasteiger partial charge in [-0.15, -0.1) is 0 Å². The van der Waals surface area contributed by atoms with Crippen LogP contribution in [0, 0.1) is 0 Å². The summed E-state index contributed by atoms with van der Waals surface area (Å²) in [5.41, 5.74) is 4.27. The topological polar surface area (TPSA) is 32.5 Å². The zero-order valence-electron chi connectivity index (χ0n) is 18.2. The molecule has 0 bridgehead atoms. The Bertz CT molecular complexity index is 1190. The lowest BCUT2D eigenvalue weighted by Crippen LogP contribution is -2.47. The van der Waals surface area contributed by atoms with E-state index < -0.39 is 0 Å². The van der Waals surface area contributed by atoms with Crippen molar-refractivity contribution in [1.82, 2.24) is 15.0 Å². The van der Waals surface area contributed by atoms with E-state index in [1.165, 1.54) is 5.56 Å². The minimum atomic E-state index is 0.0908. The molecule has 1 aromatic heterocycles. The van der Waals surface area contributed by atoms with Crippen LogP contribution < -0.4 is 0 Å². The zero-order valence-corrected chi connectivity index (χ0v) is 19.7. The molecule has 4 nitrogen and oxygen atoms in total. The van der Waals surface area contributed by atoms with Crippen LogP contribution in [0.3, 0.4) is 0 Å². The van der Waals surface area contributed by atoms with Gasteiger partial charge in [0.25, 0.3) is 0 Å². The average Bonchev–Trinajstić information content (AvgIpc) is 3.31. The van der Waals surface area contributed by atoms with E-state index >= 15 is 0 Å². The Kier molecular flexibility index (Phi) is 6.79. The molecule has 0 aliphatic carbocycles. The Morgan fingerprint density at radius 1 is 0.818 bits per heavy atom. The number of halogens is 2. The van der Waals surface area contributed by atoms with E-state index in [4.69, 9.17) is 27.7 Å². The lowest BCUT2D eigenvalue weighted by Gasteiger charge is -2.39. The zero-order chi connectivity index (χ0) is 22.6. The molecule has 1 aliphatic rings. The number of hydrogen-bond donors (Lipinski definition) is 0. The maximum Gasteiger partial charge on any atom is 0.151 e. The molecule has 3 aromatic carbocycles. The number of piperazine rings is 1. The van der Waals surface area contributed by atoms with E-state index in [9.17, 15) is 0 Å². The quantitative estimate of drug-likeness (QED) is 0.314. The van der Waals surface area contributed by atoms with E-state index in [1.807, 2.05) is 60.7 Å². The third kappa shape index (κ3) is 5.15. The second-order valence-corrected chi connectivity index (χ2v) is 9.18. The summed E-state index contributed by atoms with van der Waals surface area (Å²) in [5, 5.41) is 5.61.